The largest absolute Gasteiger partial charge is 0.381 e. The lowest BCUT2D eigenvalue weighted by Crippen LogP contribution is -2.24. The van der Waals surface area contributed by atoms with E-state index in [2.05, 4.69) is 54.5 Å². The number of rotatable bonds is 5. The molecule has 4 heteroatoms. The second kappa shape index (κ2) is 5.87. The molecule has 1 aromatic carbocycles. The summed E-state index contributed by atoms with van der Waals surface area (Å²) < 4.78 is 1.94. The van der Waals surface area contributed by atoms with E-state index in [1.807, 2.05) is 17.7 Å². The van der Waals surface area contributed by atoms with Crippen LogP contribution in [0.25, 0.3) is 11.4 Å². The van der Waals surface area contributed by atoms with E-state index in [4.69, 9.17) is 0 Å². The molecule has 102 valence electrons. The van der Waals surface area contributed by atoms with E-state index in [1.165, 1.54) is 0 Å². The number of nitrogens with one attached hydrogen (secondary N) is 1. The zero-order valence-electron chi connectivity index (χ0n) is 12.1. The number of anilines is 1. The Kier molecular flexibility index (Phi) is 4.20. The molecule has 2 rings (SSSR count). The highest BCUT2D eigenvalue weighted by Crippen LogP contribution is 2.27. The van der Waals surface area contributed by atoms with Gasteiger partial charge in [-0.05, 0) is 24.5 Å². The molecule has 0 radical (unpaired) electrons. The first-order chi connectivity index (χ1) is 9.13. The van der Waals surface area contributed by atoms with Crippen LogP contribution in [0.5, 0.6) is 0 Å². The van der Waals surface area contributed by atoms with E-state index in [0.29, 0.717) is 12.0 Å². The monoisotopic (exact) mass is 258 g/mol. The first kappa shape index (κ1) is 13.6. The summed E-state index contributed by atoms with van der Waals surface area (Å²) in [4.78, 5) is 0. The van der Waals surface area contributed by atoms with Crippen molar-refractivity contribution in [2.24, 2.45) is 13.0 Å². The smallest absolute Gasteiger partial charge is 0.165 e. The van der Waals surface area contributed by atoms with Gasteiger partial charge in [0.2, 0.25) is 0 Å². The van der Waals surface area contributed by atoms with Gasteiger partial charge in [-0.25, -0.2) is 0 Å². The predicted octanol–water partition coefficient (Wildman–Crippen LogP) is 3.33. The summed E-state index contributed by atoms with van der Waals surface area (Å²) in [5.74, 6) is 1.49. The van der Waals surface area contributed by atoms with Crippen molar-refractivity contribution in [1.82, 2.24) is 14.8 Å². The lowest BCUT2D eigenvalue weighted by atomic mass is 10.0. The highest BCUT2D eigenvalue weighted by atomic mass is 15.2. The molecule has 0 aliphatic carbocycles. The molecule has 0 bridgehead atoms. The third-order valence-electron chi connectivity index (χ3n) is 3.46. The molecule has 1 unspecified atom stereocenters. The van der Waals surface area contributed by atoms with Crippen LogP contribution in [0.1, 0.15) is 27.2 Å². The van der Waals surface area contributed by atoms with Crippen LogP contribution in [0.2, 0.25) is 0 Å². The molecule has 19 heavy (non-hydrogen) atoms. The fourth-order valence-electron chi connectivity index (χ4n) is 2.27. The standard InChI is InChI=1S/C15H22N4/c1-5-13(11(2)3)17-14-9-7-6-8-12(14)15-18-16-10-19(15)4/h6-11,13,17H,5H2,1-4H3. The lowest BCUT2D eigenvalue weighted by molar-refractivity contribution is 0.511. The van der Waals surface area contributed by atoms with E-state index < -0.39 is 0 Å². The van der Waals surface area contributed by atoms with E-state index >= 15 is 0 Å². The number of benzene rings is 1. The van der Waals surface area contributed by atoms with Crippen LogP contribution in [0.15, 0.2) is 30.6 Å². The van der Waals surface area contributed by atoms with Crippen molar-refractivity contribution in [2.45, 2.75) is 33.2 Å². The minimum atomic E-state index is 0.467. The maximum Gasteiger partial charge on any atom is 0.165 e. The van der Waals surface area contributed by atoms with Crippen LogP contribution in [0.3, 0.4) is 0 Å². The molecule has 1 atom stereocenters. The van der Waals surface area contributed by atoms with Gasteiger partial charge in [-0.3, -0.25) is 0 Å². The van der Waals surface area contributed by atoms with Gasteiger partial charge >= 0.3 is 0 Å². The second-order valence-corrected chi connectivity index (χ2v) is 5.21. The first-order valence-corrected chi connectivity index (χ1v) is 6.83. The van der Waals surface area contributed by atoms with Crippen LogP contribution in [-0.2, 0) is 7.05 Å². The molecule has 0 aliphatic heterocycles. The van der Waals surface area contributed by atoms with Crippen molar-refractivity contribution in [3.8, 4) is 11.4 Å². The van der Waals surface area contributed by atoms with Crippen molar-refractivity contribution < 1.29 is 0 Å². The Labute approximate surface area is 114 Å². The third kappa shape index (κ3) is 2.95. The molecule has 4 nitrogen and oxygen atoms in total. The number of nitrogens with zero attached hydrogens (tertiary/aromatic N) is 3. The quantitative estimate of drug-likeness (QED) is 0.894. The van der Waals surface area contributed by atoms with Crippen LogP contribution in [0, 0.1) is 5.92 Å². The van der Waals surface area contributed by atoms with Crippen molar-refractivity contribution in [3.05, 3.63) is 30.6 Å². The van der Waals surface area contributed by atoms with Crippen LogP contribution >= 0.6 is 0 Å². The third-order valence-corrected chi connectivity index (χ3v) is 3.46. The highest BCUT2D eigenvalue weighted by molar-refractivity contribution is 5.73. The first-order valence-electron chi connectivity index (χ1n) is 6.83. The number of para-hydroxylation sites is 1. The van der Waals surface area contributed by atoms with Gasteiger partial charge in [0.1, 0.15) is 6.33 Å². The average molecular weight is 258 g/mol. The van der Waals surface area contributed by atoms with Crippen LogP contribution in [-0.4, -0.2) is 20.8 Å². The van der Waals surface area contributed by atoms with Crippen molar-refractivity contribution >= 4 is 5.69 Å². The molecule has 0 saturated carbocycles. The SMILES string of the molecule is CCC(Nc1ccccc1-c1nncn1C)C(C)C. The molecule has 1 heterocycles. The van der Waals surface area contributed by atoms with E-state index in [0.717, 1.165) is 23.5 Å². The number of hydrogen-bond donors (Lipinski definition) is 1. The molecule has 1 aromatic heterocycles. The summed E-state index contributed by atoms with van der Waals surface area (Å²) in [6, 6.07) is 8.74. The number of aromatic nitrogens is 3. The van der Waals surface area contributed by atoms with E-state index in [1.54, 1.807) is 6.33 Å². The molecule has 0 spiro atoms. The molecule has 0 amide bonds. The number of hydrogen-bond acceptors (Lipinski definition) is 3. The lowest BCUT2D eigenvalue weighted by Gasteiger charge is -2.23. The fraction of sp³-hybridized carbons (Fsp3) is 0.467. The van der Waals surface area contributed by atoms with Gasteiger partial charge in [0.05, 0.1) is 0 Å². The molecular weight excluding hydrogens is 236 g/mol. The molecule has 0 saturated heterocycles. The van der Waals surface area contributed by atoms with E-state index in [-0.39, 0.29) is 0 Å². The fourth-order valence-corrected chi connectivity index (χ4v) is 2.27. The van der Waals surface area contributed by atoms with Crippen molar-refractivity contribution in [1.29, 1.82) is 0 Å². The molecular formula is C15H22N4. The highest BCUT2D eigenvalue weighted by Gasteiger charge is 2.15. The molecule has 2 aromatic rings. The van der Waals surface area contributed by atoms with Gasteiger partial charge < -0.3 is 9.88 Å². The normalized spacial score (nSPS) is 12.7. The van der Waals surface area contributed by atoms with Crippen LogP contribution in [0.4, 0.5) is 5.69 Å². The average Bonchev–Trinajstić information content (AvgIpc) is 2.82. The van der Waals surface area contributed by atoms with Gasteiger partial charge in [-0.2, -0.15) is 0 Å². The minimum absolute atomic E-state index is 0.467. The zero-order chi connectivity index (χ0) is 13.8. The Balaban J connectivity index is 2.34. The molecule has 1 N–H and O–H groups in total. The Morgan fingerprint density at radius 2 is 2.00 bits per heavy atom. The second-order valence-electron chi connectivity index (χ2n) is 5.21. The van der Waals surface area contributed by atoms with Gasteiger partial charge in [0.15, 0.2) is 5.82 Å². The van der Waals surface area contributed by atoms with Crippen molar-refractivity contribution in [3.63, 3.8) is 0 Å². The summed E-state index contributed by atoms with van der Waals surface area (Å²) in [6.45, 7) is 6.70. The maximum atomic E-state index is 4.20. The predicted molar refractivity (Wildman–Crippen MR) is 79.0 cm³/mol. The van der Waals surface area contributed by atoms with Gasteiger partial charge in [0, 0.05) is 24.3 Å². The number of aryl methyl sites for hydroxylation is 1. The summed E-state index contributed by atoms with van der Waals surface area (Å²) in [7, 11) is 1.96. The summed E-state index contributed by atoms with van der Waals surface area (Å²) >= 11 is 0. The summed E-state index contributed by atoms with van der Waals surface area (Å²) in [5.41, 5.74) is 2.22. The molecule has 0 fully saturated rings. The maximum absolute atomic E-state index is 4.20. The minimum Gasteiger partial charge on any atom is -0.381 e. The van der Waals surface area contributed by atoms with Crippen LogP contribution < -0.4 is 5.32 Å². The van der Waals surface area contributed by atoms with Gasteiger partial charge in [-0.1, -0.05) is 32.9 Å². The van der Waals surface area contributed by atoms with E-state index in [9.17, 15) is 0 Å². The molecule has 0 aliphatic rings. The van der Waals surface area contributed by atoms with Gasteiger partial charge in [0.25, 0.3) is 0 Å². The summed E-state index contributed by atoms with van der Waals surface area (Å²) in [6.07, 6.45) is 2.83. The zero-order valence-corrected chi connectivity index (χ0v) is 12.1. The topological polar surface area (TPSA) is 42.7 Å². The summed E-state index contributed by atoms with van der Waals surface area (Å²) in [5, 5.41) is 11.8. The Hall–Kier alpha value is -1.84. The Bertz CT molecular complexity index is 530. The van der Waals surface area contributed by atoms with Crippen molar-refractivity contribution in [2.75, 3.05) is 5.32 Å². The Morgan fingerprint density at radius 3 is 2.58 bits per heavy atom. The van der Waals surface area contributed by atoms with Gasteiger partial charge in [-0.15, -0.1) is 10.2 Å². The Morgan fingerprint density at radius 1 is 1.26 bits per heavy atom.